The third-order valence-corrected chi connectivity index (χ3v) is 10.8. The van der Waals surface area contributed by atoms with E-state index < -0.39 is 20.5 Å². The Balaban J connectivity index is 2.64. The molecule has 7 heteroatoms. The molecule has 1 aromatic rings. The Labute approximate surface area is 207 Å². The third-order valence-electron chi connectivity index (χ3n) is 6.33. The molecule has 1 rings (SSSR count). The van der Waals surface area contributed by atoms with Crippen LogP contribution in [0.25, 0.3) is 0 Å². The topological polar surface area (TPSA) is 84.9 Å². The molecule has 1 amide bonds. The van der Waals surface area contributed by atoms with Gasteiger partial charge in [0.25, 0.3) is 0 Å². The molecule has 2 atom stereocenters. The van der Waals surface area contributed by atoms with Gasteiger partial charge >= 0.3 is 6.09 Å². The fourth-order valence-corrected chi connectivity index (χ4v) is 4.02. The van der Waals surface area contributed by atoms with E-state index in [-0.39, 0.29) is 23.5 Å². The van der Waals surface area contributed by atoms with E-state index in [2.05, 4.69) is 46.1 Å². The van der Waals surface area contributed by atoms with E-state index in [0.717, 1.165) is 24.8 Å². The van der Waals surface area contributed by atoms with Gasteiger partial charge in [-0.1, -0.05) is 76.9 Å². The lowest BCUT2D eigenvalue weighted by Crippen LogP contribution is -2.46. The van der Waals surface area contributed by atoms with Crippen molar-refractivity contribution in [3.05, 3.63) is 48.0 Å². The summed E-state index contributed by atoms with van der Waals surface area (Å²) in [5, 5.41) is 12.9. The second-order valence-electron chi connectivity index (χ2n) is 10.4. The fraction of sp³-hybridized carbons (Fsp3) is 0.630. The summed E-state index contributed by atoms with van der Waals surface area (Å²) >= 11 is 0. The van der Waals surface area contributed by atoms with Crippen LogP contribution in [0.3, 0.4) is 0 Å². The molecular formula is C27H45NO5Si. The van der Waals surface area contributed by atoms with Crippen LogP contribution in [0.1, 0.15) is 71.8 Å². The normalized spacial score (nSPS) is 14.1. The number of alkyl carbamates (subject to hydrolysis) is 1. The van der Waals surface area contributed by atoms with Gasteiger partial charge in [0.15, 0.2) is 14.1 Å². The number of benzene rings is 1. The van der Waals surface area contributed by atoms with Crippen LogP contribution in [0.2, 0.25) is 18.1 Å². The lowest BCUT2D eigenvalue weighted by atomic mass is 10.1. The number of hydrogen-bond acceptors (Lipinski definition) is 5. The highest BCUT2D eigenvalue weighted by atomic mass is 28.4. The standard InChI is InChI=1S/C27H45NO5Si/c1-7-8-16-24(29)18-19-25(30)17-12-15-23(21-33-34(5,6)27(2,3)4)28-26(31)32-20-22-13-10-9-11-14-22/h9-14,17,23-24,29H,7-8,15-16,18-21H2,1-6H3,(H,28,31)/b17-12+/t23-,24-/m0/s1. The first kappa shape index (κ1) is 30.1. The van der Waals surface area contributed by atoms with Crippen LogP contribution in [0, 0.1) is 0 Å². The number of ketones is 1. The lowest BCUT2D eigenvalue weighted by Gasteiger charge is -2.37. The molecule has 0 saturated carbocycles. The van der Waals surface area contributed by atoms with Crippen molar-refractivity contribution in [3.63, 3.8) is 0 Å². The second kappa shape index (κ2) is 15.1. The van der Waals surface area contributed by atoms with Gasteiger partial charge in [0.1, 0.15) is 6.61 Å². The highest BCUT2D eigenvalue weighted by molar-refractivity contribution is 6.74. The first-order valence-electron chi connectivity index (χ1n) is 12.4. The Morgan fingerprint density at radius 2 is 1.82 bits per heavy atom. The predicted molar refractivity (Wildman–Crippen MR) is 140 cm³/mol. The van der Waals surface area contributed by atoms with Gasteiger partial charge < -0.3 is 19.6 Å². The van der Waals surface area contributed by atoms with E-state index in [9.17, 15) is 14.7 Å². The van der Waals surface area contributed by atoms with E-state index in [1.54, 1.807) is 12.2 Å². The molecule has 34 heavy (non-hydrogen) atoms. The molecule has 0 bridgehead atoms. The number of unbranched alkanes of at least 4 members (excludes halogenated alkanes) is 1. The van der Waals surface area contributed by atoms with Crippen molar-refractivity contribution >= 4 is 20.2 Å². The van der Waals surface area contributed by atoms with Crippen LogP contribution in [0.15, 0.2) is 42.5 Å². The van der Waals surface area contributed by atoms with Gasteiger partial charge in [-0.2, -0.15) is 0 Å². The van der Waals surface area contributed by atoms with Crippen LogP contribution >= 0.6 is 0 Å². The lowest BCUT2D eigenvalue weighted by molar-refractivity contribution is -0.115. The SMILES string of the molecule is CCCC[C@H](O)CCC(=O)/C=C/C[C@@H](CO[Si](C)(C)C(C)(C)C)NC(=O)OCc1ccccc1. The Hall–Kier alpha value is -1.96. The molecule has 1 aromatic carbocycles. The molecule has 0 saturated heterocycles. The first-order valence-corrected chi connectivity index (χ1v) is 15.3. The van der Waals surface area contributed by atoms with E-state index >= 15 is 0 Å². The van der Waals surface area contributed by atoms with Crippen molar-refractivity contribution in [2.45, 2.75) is 103 Å². The molecule has 0 aromatic heterocycles. The zero-order valence-corrected chi connectivity index (χ0v) is 22.9. The van der Waals surface area contributed by atoms with Gasteiger partial charge in [0.05, 0.1) is 18.8 Å². The summed E-state index contributed by atoms with van der Waals surface area (Å²) in [7, 11) is -2.00. The number of allylic oxidation sites excluding steroid dienone is 1. The average molecular weight is 492 g/mol. The quantitative estimate of drug-likeness (QED) is 0.227. The number of aliphatic hydroxyl groups is 1. The zero-order chi connectivity index (χ0) is 25.6. The molecule has 0 spiro atoms. The molecule has 0 unspecified atom stereocenters. The summed E-state index contributed by atoms with van der Waals surface area (Å²) < 4.78 is 11.7. The van der Waals surface area contributed by atoms with Crippen LogP contribution in [0.5, 0.6) is 0 Å². The Morgan fingerprint density at radius 1 is 1.15 bits per heavy atom. The van der Waals surface area contributed by atoms with Crippen molar-refractivity contribution in [1.29, 1.82) is 0 Å². The number of carbonyl (C=O) groups is 2. The monoisotopic (exact) mass is 491 g/mol. The summed E-state index contributed by atoms with van der Waals surface area (Å²) in [4.78, 5) is 24.6. The number of carbonyl (C=O) groups excluding carboxylic acids is 2. The molecule has 6 nitrogen and oxygen atoms in total. The number of rotatable bonds is 15. The van der Waals surface area contributed by atoms with Crippen LogP contribution < -0.4 is 5.32 Å². The van der Waals surface area contributed by atoms with Gasteiger partial charge in [-0.3, -0.25) is 4.79 Å². The minimum Gasteiger partial charge on any atom is -0.445 e. The number of aliphatic hydroxyl groups excluding tert-OH is 1. The third kappa shape index (κ3) is 12.5. The molecular weight excluding hydrogens is 446 g/mol. The van der Waals surface area contributed by atoms with E-state index in [1.165, 1.54) is 0 Å². The maximum atomic E-state index is 12.4. The fourth-order valence-electron chi connectivity index (χ4n) is 2.97. The Kier molecular flexibility index (Phi) is 13.4. The van der Waals surface area contributed by atoms with Crippen molar-refractivity contribution in [1.82, 2.24) is 5.32 Å². The largest absolute Gasteiger partial charge is 0.445 e. The van der Waals surface area contributed by atoms with Crippen LogP contribution in [0.4, 0.5) is 4.79 Å². The highest BCUT2D eigenvalue weighted by Crippen LogP contribution is 2.36. The van der Waals surface area contributed by atoms with E-state index in [4.69, 9.17) is 9.16 Å². The second-order valence-corrected chi connectivity index (χ2v) is 15.2. The van der Waals surface area contributed by atoms with Gasteiger partial charge in [0.2, 0.25) is 0 Å². The minimum atomic E-state index is -2.00. The summed E-state index contributed by atoms with van der Waals surface area (Å²) in [5.74, 6) is -0.0220. The summed E-state index contributed by atoms with van der Waals surface area (Å²) in [6.45, 7) is 13.5. The Morgan fingerprint density at radius 3 is 2.44 bits per heavy atom. The summed E-state index contributed by atoms with van der Waals surface area (Å²) in [6.07, 6.45) is 6.37. The number of ether oxygens (including phenoxy) is 1. The molecule has 0 aliphatic rings. The van der Waals surface area contributed by atoms with E-state index in [0.29, 0.717) is 25.9 Å². The summed E-state index contributed by atoms with van der Waals surface area (Å²) in [6, 6.07) is 9.21. The average Bonchev–Trinajstić information content (AvgIpc) is 2.78. The first-order chi connectivity index (χ1) is 15.9. The molecule has 0 fully saturated rings. The number of amides is 1. The van der Waals surface area contributed by atoms with Gasteiger partial charge in [0, 0.05) is 6.42 Å². The van der Waals surface area contributed by atoms with Crippen molar-refractivity contribution < 1.29 is 23.9 Å². The van der Waals surface area contributed by atoms with E-state index in [1.807, 2.05) is 30.3 Å². The van der Waals surface area contributed by atoms with Crippen molar-refractivity contribution in [3.8, 4) is 0 Å². The summed E-state index contributed by atoms with van der Waals surface area (Å²) in [5.41, 5.74) is 0.915. The van der Waals surface area contributed by atoms with Crippen molar-refractivity contribution in [2.75, 3.05) is 6.61 Å². The molecule has 2 N–H and O–H groups in total. The van der Waals surface area contributed by atoms with Crippen LogP contribution in [-0.2, 0) is 20.6 Å². The van der Waals surface area contributed by atoms with Gasteiger partial charge in [-0.15, -0.1) is 0 Å². The number of nitrogens with one attached hydrogen (secondary N) is 1. The molecule has 0 heterocycles. The molecule has 0 aliphatic heterocycles. The predicted octanol–water partition coefficient (Wildman–Crippen LogP) is 6.15. The number of hydrogen-bond donors (Lipinski definition) is 2. The molecule has 0 radical (unpaired) electrons. The van der Waals surface area contributed by atoms with Crippen molar-refractivity contribution in [2.24, 2.45) is 0 Å². The highest BCUT2D eigenvalue weighted by Gasteiger charge is 2.37. The van der Waals surface area contributed by atoms with Gasteiger partial charge in [-0.25, -0.2) is 4.79 Å². The molecule has 0 aliphatic carbocycles. The minimum absolute atomic E-state index is 0.0220. The zero-order valence-electron chi connectivity index (χ0n) is 21.9. The van der Waals surface area contributed by atoms with Gasteiger partial charge in [-0.05, 0) is 49.0 Å². The molecule has 192 valence electrons. The maximum Gasteiger partial charge on any atom is 0.407 e. The van der Waals surface area contributed by atoms with Crippen LogP contribution in [-0.4, -0.2) is 44.1 Å². The Bertz CT molecular complexity index is 758. The smallest absolute Gasteiger partial charge is 0.407 e. The maximum absolute atomic E-state index is 12.4.